The van der Waals surface area contributed by atoms with Crippen LogP contribution in [0, 0.1) is 0 Å². The molecule has 0 amide bonds. The zero-order chi connectivity index (χ0) is 14.7. The summed E-state index contributed by atoms with van der Waals surface area (Å²) in [5, 5.41) is 6.85. The first kappa shape index (κ1) is 13.6. The van der Waals surface area contributed by atoms with Gasteiger partial charge in [0.1, 0.15) is 0 Å². The lowest BCUT2D eigenvalue weighted by Crippen LogP contribution is -2.19. The van der Waals surface area contributed by atoms with E-state index in [2.05, 4.69) is 38.8 Å². The van der Waals surface area contributed by atoms with Crippen molar-refractivity contribution in [3.8, 4) is 0 Å². The van der Waals surface area contributed by atoms with E-state index in [1.54, 1.807) is 0 Å². The second-order valence-electron chi connectivity index (χ2n) is 5.23. The Balaban J connectivity index is 1.82. The summed E-state index contributed by atoms with van der Waals surface area (Å²) in [5.74, 6) is 0. The van der Waals surface area contributed by atoms with E-state index in [0.29, 0.717) is 0 Å². The van der Waals surface area contributed by atoms with Crippen molar-refractivity contribution >= 4 is 0 Å². The molecule has 3 N–H and O–H groups in total. The Morgan fingerprint density at radius 1 is 1.24 bits per heavy atom. The number of aromatic amines is 1. The van der Waals surface area contributed by atoms with E-state index in [4.69, 9.17) is 5.73 Å². The summed E-state index contributed by atoms with van der Waals surface area (Å²) in [5.41, 5.74) is 9.76. The fraction of sp³-hybridized carbons (Fsp3) is 0.250. The van der Waals surface area contributed by atoms with Crippen molar-refractivity contribution in [1.29, 1.82) is 0 Å². The number of hydrogen-bond donors (Lipinski definition) is 2. The fourth-order valence-electron chi connectivity index (χ4n) is 2.55. The lowest BCUT2D eigenvalue weighted by Gasteiger charge is -2.19. The van der Waals surface area contributed by atoms with Crippen LogP contribution in [0.1, 0.15) is 35.8 Å². The molecule has 0 fully saturated rings. The van der Waals surface area contributed by atoms with Gasteiger partial charge in [-0.1, -0.05) is 30.3 Å². The summed E-state index contributed by atoms with van der Waals surface area (Å²) in [7, 11) is 0. The van der Waals surface area contributed by atoms with E-state index in [1.807, 2.05) is 43.1 Å². The molecule has 5 nitrogen and oxygen atoms in total. The van der Waals surface area contributed by atoms with Crippen LogP contribution in [-0.2, 0) is 6.42 Å². The zero-order valence-corrected chi connectivity index (χ0v) is 12.0. The van der Waals surface area contributed by atoms with Crippen molar-refractivity contribution in [2.24, 2.45) is 5.73 Å². The van der Waals surface area contributed by atoms with Gasteiger partial charge in [-0.25, -0.2) is 4.98 Å². The monoisotopic (exact) mass is 281 g/mol. The van der Waals surface area contributed by atoms with Crippen LogP contribution < -0.4 is 5.73 Å². The SMILES string of the molecule is CC(c1cn[nH]c1)n1cncc1[C@H](N)Cc1ccccc1. The number of aromatic nitrogens is 4. The number of nitrogens with zero attached hydrogens (tertiary/aromatic N) is 3. The van der Waals surface area contributed by atoms with Gasteiger partial charge in [-0.3, -0.25) is 5.10 Å². The molecule has 2 aromatic heterocycles. The zero-order valence-electron chi connectivity index (χ0n) is 12.0. The number of rotatable bonds is 5. The largest absolute Gasteiger partial charge is 0.326 e. The highest BCUT2D eigenvalue weighted by Crippen LogP contribution is 2.23. The summed E-state index contributed by atoms with van der Waals surface area (Å²) in [6.07, 6.45) is 8.21. The molecule has 2 atom stereocenters. The van der Waals surface area contributed by atoms with Gasteiger partial charge in [-0.2, -0.15) is 5.10 Å². The first-order valence-corrected chi connectivity index (χ1v) is 7.05. The van der Waals surface area contributed by atoms with Crippen LogP contribution in [0.5, 0.6) is 0 Å². The molecule has 0 aliphatic carbocycles. The minimum Gasteiger partial charge on any atom is -0.326 e. The number of benzene rings is 1. The molecule has 3 aromatic rings. The summed E-state index contributed by atoms with van der Waals surface area (Å²) in [6.45, 7) is 2.12. The van der Waals surface area contributed by atoms with E-state index in [0.717, 1.165) is 17.7 Å². The van der Waals surface area contributed by atoms with Crippen molar-refractivity contribution in [2.75, 3.05) is 0 Å². The van der Waals surface area contributed by atoms with Crippen LogP contribution in [0.15, 0.2) is 55.2 Å². The Morgan fingerprint density at radius 3 is 2.76 bits per heavy atom. The van der Waals surface area contributed by atoms with E-state index in [1.165, 1.54) is 5.56 Å². The van der Waals surface area contributed by atoms with Gasteiger partial charge in [0.05, 0.1) is 30.3 Å². The normalized spacial score (nSPS) is 14.0. The second-order valence-corrected chi connectivity index (χ2v) is 5.23. The molecule has 3 rings (SSSR count). The summed E-state index contributed by atoms with van der Waals surface area (Å²) >= 11 is 0. The summed E-state index contributed by atoms with van der Waals surface area (Å²) < 4.78 is 2.11. The first-order chi connectivity index (χ1) is 10.3. The molecule has 0 saturated heterocycles. The third-order valence-corrected chi connectivity index (χ3v) is 3.79. The van der Waals surface area contributed by atoms with Gasteiger partial charge in [-0.15, -0.1) is 0 Å². The third kappa shape index (κ3) is 2.87. The molecule has 0 aliphatic heterocycles. The summed E-state index contributed by atoms with van der Waals surface area (Å²) in [6, 6.07) is 10.4. The molecule has 0 spiro atoms. The average Bonchev–Trinajstić information content (AvgIpc) is 3.19. The summed E-state index contributed by atoms with van der Waals surface area (Å²) in [4.78, 5) is 4.27. The predicted octanol–water partition coefficient (Wildman–Crippen LogP) is 2.46. The lowest BCUT2D eigenvalue weighted by molar-refractivity contribution is 0.564. The topological polar surface area (TPSA) is 72.5 Å². The molecule has 108 valence electrons. The maximum atomic E-state index is 6.38. The maximum Gasteiger partial charge on any atom is 0.0954 e. The van der Waals surface area contributed by atoms with Crippen LogP contribution in [0.2, 0.25) is 0 Å². The van der Waals surface area contributed by atoms with Crippen molar-refractivity contribution in [2.45, 2.75) is 25.4 Å². The average molecular weight is 281 g/mol. The van der Waals surface area contributed by atoms with Gasteiger partial charge in [0.2, 0.25) is 0 Å². The van der Waals surface area contributed by atoms with Crippen LogP contribution >= 0.6 is 0 Å². The second kappa shape index (κ2) is 5.93. The predicted molar refractivity (Wildman–Crippen MR) is 81.7 cm³/mol. The first-order valence-electron chi connectivity index (χ1n) is 7.05. The standard InChI is InChI=1S/C16H19N5/c1-12(14-8-19-20-9-14)21-11-18-10-16(21)15(17)7-13-5-3-2-4-6-13/h2-6,8-12,15H,7,17H2,1H3,(H,19,20)/t12?,15-/m1/s1. The molecule has 0 aliphatic rings. The van der Waals surface area contributed by atoms with Gasteiger partial charge >= 0.3 is 0 Å². The van der Waals surface area contributed by atoms with Gasteiger partial charge in [0.15, 0.2) is 0 Å². The Hall–Kier alpha value is -2.40. The highest BCUT2D eigenvalue weighted by Gasteiger charge is 2.17. The number of nitrogens with two attached hydrogens (primary N) is 1. The minimum absolute atomic E-state index is 0.0794. The molecule has 21 heavy (non-hydrogen) atoms. The lowest BCUT2D eigenvalue weighted by atomic mass is 10.0. The Bertz CT molecular complexity index is 672. The molecule has 0 bridgehead atoms. The molecule has 0 radical (unpaired) electrons. The van der Waals surface area contributed by atoms with Crippen LogP contribution in [0.4, 0.5) is 0 Å². The van der Waals surface area contributed by atoms with Crippen molar-refractivity contribution < 1.29 is 0 Å². The highest BCUT2D eigenvalue weighted by molar-refractivity contribution is 5.20. The van der Waals surface area contributed by atoms with Crippen LogP contribution in [-0.4, -0.2) is 19.7 Å². The van der Waals surface area contributed by atoms with E-state index in [9.17, 15) is 0 Å². The highest BCUT2D eigenvalue weighted by atomic mass is 15.1. The van der Waals surface area contributed by atoms with Gasteiger partial charge in [0.25, 0.3) is 0 Å². The Morgan fingerprint density at radius 2 is 2.05 bits per heavy atom. The van der Waals surface area contributed by atoms with Gasteiger partial charge in [0, 0.05) is 18.0 Å². The smallest absolute Gasteiger partial charge is 0.0954 e. The van der Waals surface area contributed by atoms with Gasteiger partial charge in [-0.05, 0) is 18.9 Å². The number of H-pyrrole nitrogens is 1. The molecule has 1 aromatic carbocycles. The van der Waals surface area contributed by atoms with Crippen molar-refractivity contribution in [1.82, 2.24) is 19.7 Å². The van der Waals surface area contributed by atoms with Gasteiger partial charge < -0.3 is 10.3 Å². The molecule has 2 heterocycles. The molecule has 1 unspecified atom stereocenters. The van der Waals surface area contributed by atoms with Crippen molar-refractivity contribution in [3.63, 3.8) is 0 Å². The van der Waals surface area contributed by atoms with E-state index >= 15 is 0 Å². The number of imidazole rings is 1. The van der Waals surface area contributed by atoms with E-state index in [-0.39, 0.29) is 12.1 Å². The Kier molecular flexibility index (Phi) is 3.83. The third-order valence-electron chi connectivity index (χ3n) is 3.79. The maximum absolute atomic E-state index is 6.38. The number of hydrogen-bond acceptors (Lipinski definition) is 3. The molecule has 0 saturated carbocycles. The minimum atomic E-state index is -0.0794. The fourth-order valence-corrected chi connectivity index (χ4v) is 2.55. The van der Waals surface area contributed by atoms with Crippen LogP contribution in [0.25, 0.3) is 0 Å². The molecular weight excluding hydrogens is 262 g/mol. The number of nitrogens with one attached hydrogen (secondary N) is 1. The Labute approximate surface area is 123 Å². The van der Waals surface area contributed by atoms with Crippen molar-refractivity contribution in [3.05, 3.63) is 72.1 Å². The van der Waals surface area contributed by atoms with E-state index < -0.39 is 0 Å². The van der Waals surface area contributed by atoms with Crippen LogP contribution in [0.3, 0.4) is 0 Å². The quantitative estimate of drug-likeness (QED) is 0.754. The molecule has 5 heteroatoms. The molecular formula is C16H19N5.